The first-order valence-corrected chi connectivity index (χ1v) is 3.67. The van der Waals surface area contributed by atoms with Gasteiger partial charge in [-0.3, -0.25) is 0 Å². The molecule has 0 radical (unpaired) electrons. The van der Waals surface area contributed by atoms with Crippen molar-refractivity contribution in [2.24, 2.45) is 0 Å². The molecule has 0 aromatic heterocycles. The van der Waals surface area contributed by atoms with Crippen LogP contribution in [0, 0.1) is 0 Å². The van der Waals surface area contributed by atoms with Crippen LogP contribution in [0.4, 0.5) is 0 Å². The molecule has 0 unspecified atom stereocenters. The smallest absolute Gasteiger partial charge is 0.0101 e. The molecular formula is C7H16N2. The van der Waals surface area contributed by atoms with Crippen molar-refractivity contribution < 1.29 is 0 Å². The minimum absolute atomic E-state index is 0.866. The van der Waals surface area contributed by atoms with E-state index >= 15 is 0 Å². The summed E-state index contributed by atoms with van der Waals surface area (Å²) in [6.45, 7) is 2.31. The molecule has 1 N–H and O–H groups in total. The minimum atomic E-state index is 0.866. The van der Waals surface area contributed by atoms with Crippen LogP contribution >= 0.6 is 0 Å². The van der Waals surface area contributed by atoms with E-state index in [1.807, 2.05) is 0 Å². The number of hydrogen-bond donors (Lipinski definition) is 1. The van der Waals surface area contributed by atoms with Crippen molar-refractivity contribution in [1.29, 1.82) is 0 Å². The van der Waals surface area contributed by atoms with Gasteiger partial charge in [0, 0.05) is 19.1 Å². The van der Waals surface area contributed by atoms with E-state index in [-0.39, 0.29) is 0 Å². The molecule has 1 fully saturated rings. The lowest BCUT2D eigenvalue weighted by molar-refractivity contribution is 0.399. The van der Waals surface area contributed by atoms with Crippen molar-refractivity contribution >= 4 is 0 Å². The Labute approximate surface area is 57.2 Å². The molecule has 0 aromatic rings. The van der Waals surface area contributed by atoms with E-state index in [1.54, 1.807) is 0 Å². The van der Waals surface area contributed by atoms with E-state index in [0.29, 0.717) is 0 Å². The van der Waals surface area contributed by atoms with Crippen LogP contribution in [0.2, 0.25) is 0 Å². The van der Waals surface area contributed by atoms with Gasteiger partial charge in [0.15, 0.2) is 0 Å². The molecule has 0 bridgehead atoms. The first-order chi connectivity index (χ1) is 4.29. The van der Waals surface area contributed by atoms with Crippen molar-refractivity contribution in [3.8, 4) is 0 Å². The van der Waals surface area contributed by atoms with Gasteiger partial charge >= 0.3 is 0 Å². The molecular weight excluding hydrogens is 112 g/mol. The average Bonchev–Trinajstić information content (AvgIpc) is 2.48. The second-order valence-electron chi connectivity index (χ2n) is 3.03. The lowest BCUT2D eigenvalue weighted by atomic mass is 10.5. The summed E-state index contributed by atoms with van der Waals surface area (Å²) < 4.78 is 0. The quantitative estimate of drug-likeness (QED) is 0.586. The first-order valence-electron chi connectivity index (χ1n) is 3.67. The summed E-state index contributed by atoms with van der Waals surface area (Å²) in [5.74, 6) is 0. The van der Waals surface area contributed by atoms with E-state index in [2.05, 4.69) is 24.3 Å². The largest absolute Gasteiger partial charge is 0.313 e. The molecule has 1 rings (SSSR count). The Morgan fingerprint density at radius 3 is 2.56 bits per heavy atom. The minimum Gasteiger partial charge on any atom is -0.313 e. The van der Waals surface area contributed by atoms with Crippen molar-refractivity contribution in [3.05, 3.63) is 0 Å². The topological polar surface area (TPSA) is 15.3 Å². The summed E-state index contributed by atoms with van der Waals surface area (Å²) in [5.41, 5.74) is 0. The molecule has 1 saturated carbocycles. The number of nitrogens with zero attached hydrogens (tertiary/aromatic N) is 1. The Bertz CT molecular complexity index is 75.0. The van der Waals surface area contributed by atoms with Crippen molar-refractivity contribution in [1.82, 2.24) is 10.2 Å². The molecule has 0 aliphatic heterocycles. The maximum absolute atomic E-state index is 3.45. The summed E-state index contributed by atoms with van der Waals surface area (Å²) in [6.07, 6.45) is 2.79. The third kappa shape index (κ3) is 3.49. The molecule has 2 heteroatoms. The summed E-state index contributed by atoms with van der Waals surface area (Å²) >= 11 is 0. The van der Waals surface area contributed by atoms with Gasteiger partial charge in [-0.05, 0) is 26.9 Å². The lowest BCUT2D eigenvalue weighted by Gasteiger charge is -2.08. The number of rotatable bonds is 4. The van der Waals surface area contributed by atoms with Gasteiger partial charge in [0.05, 0.1) is 0 Å². The molecule has 2 nitrogen and oxygen atoms in total. The lowest BCUT2D eigenvalue weighted by Crippen LogP contribution is -2.27. The van der Waals surface area contributed by atoms with Crippen LogP contribution in [0.1, 0.15) is 12.8 Å². The highest BCUT2D eigenvalue weighted by Gasteiger charge is 2.19. The third-order valence-corrected chi connectivity index (χ3v) is 1.57. The molecule has 9 heavy (non-hydrogen) atoms. The normalized spacial score (nSPS) is 19.0. The van der Waals surface area contributed by atoms with E-state index in [9.17, 15) is 0 Å². The van der Waals surface area contributed by atoms with Crippen molar-refractivity contribution in [3.63, 3.8) is 0 Å². The highest BCUT2D eigenvalue weighted by atomic mass is 15.1. The Hall–Kier alpha value is -0.0800. The fourth-order valence-corrected chi connectivity index (χ4v) is 0.780. The summed E-state index contributed by atoms with van der Waals surface area (Å²) in [5, 5.41) is 3.45. The van der Waals surface area contributed by atoms with E-state index < -0.39 is 0 Å². The SMILES string of the molecule is CN(C)CCNC1CC1. The van der Waals surface area contributed by atoms with Crippen LogP contribution in [-0.4, -0.2) is 38.1 Å². The monoisotopic (exact) mass is 128 g/mol. The molecule has 0 atom stereocenters. The van der Waals surface area contributed by atoms with Gasteiger partial charge in [0.25, 0.3) is 0 Å². The molecule has 0 heterocycles. The Kier molecular flexibility index (Phi) is 2.49. The predicted octanol–water partition coefficient (Wildman–Crippen LogP) is 0.300. The fourth-order valence-electron chi connectivity index (χ4n) is 0.780. The van der Waals surface area contributed by atoms with E-state index in [0.717, 1.165) is 19.1 Å². The maximum atomic E-state index is 3.45. The number of nitrogens with one attached hydrogen (secondary N) is 1. The van der Waals surface area contributed by atoms with Gasteiger partial charge in [-0.1, -0.05) is 0 Å². The van der Waals surface area contributed by atoms with Crippen molar-refractivity contribution in [2.75, 3.05) is 27.2 Å². The Morgan fingerprint density at radius 1 is 1.44 bits per heavy atom. The van der Waals surface area contributed by atoms with E-state index in [1.165, 1.54) is 12.8 Å². The fraction of sp³-hybridized carbons (Fsp3) is 1.00. The zero-order valence-electron chi connectivity index (χ0n) is 6.35. The van der Waals surface area contributed by atoms with Crippen LogP contribution in [0.25, 0.3) is 0 Å². The summed E-state index contributed by atoms with van der Waals surface area (Å²) in [7, 11) is 4.21. The van der Waals surface area contributed by atoms with Gasteiger partial charge < -0.3 is 10.2 Å². The van der Waals surface area contributed by atoms with Gasteiger partial charge in [-0.2, -0.15) is 0 Å². The van der Waals surface area contributed by atoms with Gasteiger partial charge in [0.2, 0.25) is 0 Å². The third-order valence-electron chi connectivity index (χ3n) is 1.57. The van der Waals surface area contributed by atoms with Crippen LogP contribution in [0.3, 0.4) is 0 Å². The van der Waals surface area contributed by atoms with Crippen LogP contribution in [0.15, 0.2) is 0 Å². The molecule has 1 aliphatic carbocycles. The van der Waals surface area contributed by atoms with Crippen molar-refractivity contribution in [2.45, 2.75) is 18.9 Å². The average molecular weight is 128 g/mol. The summed E-state index contributed by atoms with van der Waals surface area (Å²) in [4.78, 5) is 2.20. The molecule has 0 amide bonds. The van der Waals surface area contributed by atoms with Crippen LogP contribution < -0.4 is 5.32 Å². The summed E-state index contributed by atoms with van der Waals surface area (Å²) in [6, 6.07) is 0.866. The zero-order chi connectivity index (χ0) is 6.69. The molecule has 0 aromatic carbocycles. The molecule has 0 saturated heterocycles. The Balaban J connectivity index is 1.81. The number of hydrogen-bond acceptors (Lipinski definition) is 2. The maximum Gasteiger partial charge on any atom is 0.0101 e. The highest BCUT2D eigenvalue weighted by Crippen LogP contribution is 2.17. The Morgan fingerprint density at radius 2 is 2.11 bits per heavy atom. The molecule has 0 spiro atoms. The second-order valence-corrected chi connectivity index (χ2v) is 3.03. The first kappa shape index (κ1) is 7.03. The zero-order valence-corrected chi connectivity index (χ0v) is 6.35. The van der Waals surface area contributed by atoms with Gasteiger partial charge in [0.1, 0.15) is 0 Å². The van der Waals surface area contributed by atoms with Crippen LogP contribution in [0.5, 0.6) is 0 Å². The van der Waals surface area contributed by atoms with E-state index in [4.69, 9.17) is 0 Å². The highest BCUT2D eigenvalue weighted by molar-refractivity contribution is 4.80. The van der Waals surface area contributed by atoms with Gasteiger partial charge in [-0.25, -0.2) is 0 Å². The van der Waals surface area contributed by atoms with Crippen LogP contribution in [-0.2, 0) is 0 Å². The predicted molar refractivity (Wildman–Crippen MR) is 39.6 cm³/mol. The number of likely N-dealkylation sites (N-methyl/N-ethyl adjacent to an activating group) is 1. The van der Waals surface area contributed by atoms with Gasteiger partial charge in [-0.15, -0.1) is 0 Å². The molecule has 54 valence electrons. The second kappa shape index (κ2) is 3.18. The standard InChI is InChI=1S/C7H16N2/c1-9(2)6-5-8-7-3-4-7/h7-8H,3-6H2,1-2H3. The molecule has 1 aliphatic rings.